The molecule has 0 atom stereocenters. The van der Waals surface area contributed by atoms with Crippen molar-refractivity contribution >= 4 is 17.7 Å². The summed E-state index contributed by atoms with van der Waals surface area (Å²) in [6.07, 6.45) is 1.43. The molecule has 1 aromatic rings. The minimum atomic E-state index is 0.152. The molecule has 0 fully saturated rings. The Morgan fingerprint density at radius 3 is 2.86 bits per heavy atom. The molecule has 76 valence electrons. The van der Waals surface area contributed by atoms with E-state index in [0.29, 0.717) is 24.2 Å². The summed E-state index contributed by atoms with van der Waals surface area (Å²) < 4.78 is 0. The molecule has 0 aliphatic heterocycles. The summed E-state index contributed by atoms with van der Waals surface area (Å²) in [5.41, 5.74) is 7.60. The number of aliphatic hydroxyl groups is 1. The zero-order valence-electron chi connectivity index (χ0n) is 7.86. The van der Waals surface area contributed by atoms with E-state index in [4.69, 9.17) is 10.8 Å². The standard InChI is InChI=1S/C10H14N2O2/c11-9-6-8(7-14)2-3-10(9)12-4-1-5-13/h2-3,6-7,12-13H,1,4-5,11H2. The van der Waals surface area contributed by atoms with Gasteiger partial charge in [0.2, 0.25) is 0 Å². The molecule has 0 unspecified atom stereocenters. The largest absolute Gasteiger partial charge is 0.397 e. The van der Waals surface area contributed by atoms with Crippen molar-refractivity contribution in [2.75, 3.05) is 24.2 Å². The quantitative estimate of drug-likeness (QED) is 0.369. The summed E-state index contributed by atoms with van der Waals surface area (Å²) >= 11 is 0. The number of rotatable bonds is 5. The molecule has 0 radical (unpaired) electrons. The predicted molar refractivity (Wildman–Crippen MR) is 56.4 cm³/mol. The van der Waals surface area contributed by atoms with Gasteiger partial charge in [-0.3, -0.25) is 4.79 Å². The third-order valence-corrected chi connectivity index (χ3v) is 1.86. The van der Waals surface area contributed by atoms with Crippen LogP contribution in [0.25, 0.3) is 0 Å². The smallest absolute Gasteiger partial charge is 0.150 e. The van der Waals surface area contributed by atoms with Crippen molar-refractivity contribution in [1.82, 2.24) is 0 Å². The third kappa shape index (κ3) is 2.74. The second-order valence-corrected chi connectivity index (χ2v) is 2.97. The highest BCUT2D eigenvalue weighted by Crippen LogP contribution is 2.18. The Hall–Kier alpha value is -1.55. The van der Waals surface area contributed by atoms with Crippen LogP contribution in [-0.2, 0) is 0 Å². The summed E-state index contributed by atoms with van der Waals surface area (Å²) in [5, 5.41) is 11.6. The molecule has 0 spiro atoms. The maximum Gasteiger partial charge on any atom is 0.150 e. The molecular formula is C10H14N2O2. The van der Waals surface area contributed by atoms with Crippen LogP contribution in [0.5, 0.6) is 0 Å². The number of hydrogen-bond donors (Lipinski definition) is 3. The van der Waals surface area contributed by atoms with Crippen molar-refractivity contribution < 1.29 is 9.90 Å². The number of aldehydes is 1. The van der Waals surface area contributed by atoms with Gasteiger partial charge in [0.1, 0.15) is 6.29 Å². The first-order valence-electron chi connectivity index (χ1n) is 4.47. The number of anilines is 2. The molecule has 14 heavy (non-hydrogen) atoms. The Morgan fingerprint density at radius 2 is 2.29 bits per heavy atom. The number of hydrogen-bond acceptors (Lipinski definition) is 4. The number of nitrogens with one attached hydrogen (secondary N) is 1. The molecule has 0 aliphatic rings. The van der Waals surface area contributed by atoms with Gasteiger partial charge in [0.05, 0.1) is 11.4 Å². The fraction of sp³-hybridized carbons (Fsp3) is 0.300. The predicted octanol–water partition coefficient (Wildman–Crippen LogP) is 0.876. The summed E-state index contributed by atoms with van der Waals surface area (Å²) in [6.45, 7) is 0.820. The number of benzene rings is 1. The normalized spacial score (nSPS) is 9.79. The van der Waals surface area contributed by atoms with Crippen LogP contribution in [0.3, 0.4) is 0 Å². The van der Waals surface area contributed by atoms with E-state index in [9.17, 15) is 4.79 Å². The maximum absolute atomic E-state index is 10.4. The fourth-order valence-corrected chi connectivity index (χ4v) is 1.12. The third-order valence-electron chi connectivity index (χ3n) is 1.86. The van der Waals surface area contributed by atoms with Crippen molar-refractivity contribution in [3.05, 3.63) is 23.8 Å². The van der Waals surface area contributed by atoms with Crippen LogP contribution in [0.15, 0.2) is 18.2 Å². The van der Waals surface area contributed by atoms with Crippen molar-refractivity contribution in [2.24, 2.45) is 0 Å². The first-order chi connectivity index (χ1) is 6.77. The van der Waals surface area contributed by atoms with E-state index < -0.39 is 0 Å². The molecule has 0 aromatic heterocycles. The van der Waals surface area contributed by atoms with Gasteiger partial charge in [0, 0.05) is 18.7 Å². The lowest BCUT2D eigenvalue weighted by molar-refractivity contribution is 0.112. The average Bonchev–Trinajstić information content (AvgIpc) is 2.20. The molecular weight excluding hydrogens is 180 g/mol. The van der Waals surface area contributed by atoms with E-state index in [0.717, 1.165) is 12.0 Å². The lowest BCUT2D eigenvalue weighted by Crippen LogP contribution is -2.05. The second-order valence-electron chi connectivity index (χ2n) is 2.97. The second kappa shape index (κ2) is 5.24. The Morgan fingerprint density at radius 1 is 1.50 bits per heavy atom. The Kier molecular flexibility index (Phi) is 3.94. The molecule has 0 saturated heterocycles. The van der Waals surface area contributed by atoms with Crippen molar-refractivity contribution in [2.45, 2.75) is 6.42 Å². The van der Waals surface area contributed by atoms with Crippen LogP contribution in [0.2, 0.25) is 0 Å². The first-order valence-corrected chi connectivity index (χ1v) is 4.47. The van der Waals surface area contributed by atoms with E-state index in [1.165, 1.54) is 0 Å². The SMILES string of the molecule is Nc1cc(C=O)ccc1NCCCO. The molecule has 0 bridgehead atoms. The minimum Gasteiger partial charge on any atom is -0.397 e. The van der Waals surface area contributed by atoms with Crippen LogP contribution < -0.4 is 11.1 Å². The van der Waals surface area contributed by atoms with Gasteiger partial charge in [-0.05, 0) is 24.6 Å². The van der Waals surface area contributed by atoms with Gasteiger partial charge < -0.3 is 16.2 Å². The van der Waals surface area contributed by atoms with Crippen LogP contribution in [0.4, 0.5) is 11.4 Å². The van der Waals surface area contributed by atoms with Crippen LogP contribution >= 0.6 is 0 Å². The highest BCUT2D eigenvalue weighted by Gasteiger charge is 1.98. The summed E-state index contributed by atoms with van der Waals surface area (Å²) in [5.74, 6) is 0. The molecule has 0 aliphatic carbocycles. The van der Waals surface area contributed by atoms with Gasteiger partial charge in [-0.1, -0.05) is 0 Å². The van der Waals surface area contributed by atoms with Gasteiger partial charge in [-0.2, -0.15) is 0 Å². The van der Waals surface area contributed by atoms with E-state index in [-0.39, 0.29) is 6.61 Å². The molecule has 4 N–H and O–H groups in total. The maximum atomic E-state index is 10.4. The average molecular weight is 194 g/mol. The minimum absolute atomic E-state index is 0.152. The van der Waals surface area contributed by atoms with Crippen molar-refractivity contribution in [3.63, 3.8) is 0 Å². The Balaban J connectivity index is 2.64. The van der Waals surface area contributed by atoms with E-state index in [2.05, 4.69) is 5.32 Å². The lowest BCUT2D eigenvalue weighted by Gasteiger charge is -2.08. The Labute approximate surface area is 82.7 Å². The summed E-state index contributed by atoms with van der Waals surface area (Å²) in [6, 6.07) is 5.08. The molecule has 4 heteroatoms. The molecule has 1 aromatic carbocycles. The molecule has 0 amide bonds. The van der Waals surface area contributed by atoms with Gasteiger partial charge in [-0.25, -0.2) is 0 Å². The van der Waals surface area contributed by atoms with Gasteiger partial charge >= 0.3 is 0 Å². The molecule has 0 heterocycles. The Bertz CT molecular complexity index is 313. The number of carbonyl (C=O) groups excluding carboxylic acids is 1. The fourth-order valence-electron chi connectivity index (χ4n) is 1.12. The van der Waals surface area contributed by atoms with E-state index >= 15 is 0 Å². The van der Waals surface area contributed by atoms with E-state index in [1.807, 2.05) is 0 Å². The molecule has 0 saturated carbocycles. The highest BCUT2D eigenvalue weighted by atomic mass is 16.3. The van der Waals surface area contributed by atoms with Gasteiger partial charge in [0.25, 0.3) is 0 Å². The van der Waals surface area contributed by atoms with Crippen LogP contribution in [0.1, 0.15) is 16.8 Å². The zero-order valence-corrected chi connectivity index (χ0v) is 7.86. The van der Waals surface area contributed by atoms with Crippen LogP contribution in [0, 0.1) is 0 Å². The van der Waals surface area contributed by atoms with Crippen molar-refractivity contribution in [3.8, 4) is 0 Å². The molecule has 1 rings (SSSR count). The monoisotopic (exact) mass is 194 g/mol. The molecule has 4 nitrogen and oxygen atoms in total. The van der Waals surface area contributed by atoms with Crippen LogP contribution in [-0.4, -0.2) is 24.5 Å². The highest BCUT2D eigenvalue weighted by molar-refractivity contribution is 5.80. The zero-order chi connectivity index (χ0) is 10.4. The first kappa shape index (κ1) is 10.5. The van der Waals surface area contributed by atoms with Gasteiger partial charge in [0.15, 0.2) is 0 Å². The van der Waals surface area contributed by atoms with E-state index in [1.54, 1.807) is 18.2 Å². The topological polar surface area (TPSA) is 75.4 Å². The summed E-state index contributed by atoms with van der Waals surface area (Å²) in [7, 11) is 0. The van der Waals surface area contributed by atoms with Crippen molar-refractivity contribution in [1.29, 1.82) is 0 Å². The number of nitrogen functional groups attached to an aromatic ring is 1. The number of aliphatic hydroxyl groups excluding tert-OH is 1. The number of nitrogens with two attached hydrogens (primary N) is 1. The number of carbonyl (C=O) groups is 1. The lowest BCUT2D eigenvalue weighted by atomic mass is 10.2. The van der Waals surface area contributed by atoms with Gasteiger partial charge in [-0.15, -0.1) is 0 Å². The summed E-state index contributed by atoms with van der Waals surface area (Å²) in [4.78, 5) is 10.4.